The molecule has 0 spiro atoms. The van der Waals surface area contributed by atoms with Gasteiger partial charge in [0.15, 0.2) is 0 Å². The lowest BCUT2D eigenvalue weighted by Crippen LogP contribution is -2.21. The lowest BCUT2D eigenvalue weighted by Gasteiger charge is -2.03. The van der Waals surface area contributed by atoms with Crippen molar-refractivity contribution in [1.82, 2.24) is 10.3 Å². The van der Waals surface area contributed by atoms with E-state index in [1.807, 2.05) is 24.3 Å². The standard InChI is InChI=1S/C14H13N3OS/c15-7-1-2-11-3-5-12(6-4-11)8-17-14(18)13-9-16-10-19-13/h3-6,9-10H,7-8,15H2,(H,17,18). The fraction of sp³-hybridized carbons (Fsp3) is 0.143. The predicted molar refractivity (Wildman–Crippen MR) is 75.7 cm³/mol. The van der Waals surface area contributed by atoms with E-state index < -0.39 is 0 Å². The number of thiazole rings is 1. The fourth-order valence-corrected chi connectivity index (χ4v) is 1.99. The maximum atomic E-state index is 11.7. The maximum absolute atomic E-state index is 11.7. The Morgan fingerprint density at radius 2 is 2.16 bits per heavy atom. The van der Waals surface area contributed by atoms with Crippen LogP contribution in [-0.4, -0.2) is 17.4 Å². The largest absolute Gasteiger partial charge is 0.347 e. The van der Waals surface area contributed by atoms with Crippen LogP contribution in [0.25, 0.3) is 0 Å². The van der Waals surface area contributed by atoms with Gasteiger partial charge in [0.05, 0.1) is 18.3 Å². The van der Waals surface area contributed by atoms with Gasteiger partial charge in [0.1, 0.15) is 4.88 Å². The zero-order valence-corrected chi connectivity index (χ0v) is 11.0. The molecule has 0 saturated heterocycles. The van der Waals surface area contributed by atoms with Gasteiger partial charge in [-0.3, -0.25) is 9.78 Å². The van der Waals surface area contributed by atoms with Crippen LogP contribution in [0.4, 0.5) is 0 Å². The van der Waals surface area contributed by atoms with E-state index in [1.54, 1.807) is 11.7 Å². The Hall–Kier alpha value is -2.16. The second kappa shape index (κ2) is 6.69. The summed E-state index contributed by atoms with van der Waals surface area (Å²) >= 11 is 1.32. The molecule has 3 N–H and O–H groups in total. The SMILES string of the molecule is NCC#Cc1ccc(CNC(=O)c2cncs2)cc1. The summed E-state index contributed by atoms with van der Waals surface area (Å²) in [4.78, 5) is 16.2. The molecule has 0 radical (unpaired) electrons. The third-order valence-electron chi connectivity index (χ3n) is 2.40. The molecule has 4 nitrogen and oxygen atoms in total. The number of hydrogen-bond donors (Lipinski definition) is 2. The molecule has 1 heterocycles. The number of aromatic nitrogens is 1. The van der Waals surface area contributed by atoms with Crippen LogP contribution >= 0.6 is 11.3 Å². The highest BCUT2D eigenvalue weighted by Gasteiger charge is 2.06. The highest BCUT2D eigenvalue weighted by atomic mass is 32.1. The van der Waals surface area contributed by atoms with Crippen molar-refractivity contribution in [3.05, 3.63) is 52.0 Å². The van der Waals surface area contributed by atoms with Crippen LogP contribution in [0.2, 0.25) is 0 Å². The molecule has 0 aliphatic rings. The van der Waals surface area contributed by atoms with E-state index in [4.69, 9.17) is 5.73 Å². The average Bonchev–Trinajstić information content (AvgIpc) is 2.98. The lowest BCUT2D eigenvalue weighted by molar-refractivity contribution is 0.0955. The molecule has 1 aromatic carbocycles. The number of nitrogens with one attached hydrogen (secondary N) is 1. The molecule has 0 aliphatic carbocycles. The first-order valence-corrected chi connectivity index (χ1v) is 6.62. The zero-order chi connectivity index (χ0) is 13.5. The van der Waals surface area contributed by atoms with Crippen molar-refractivity contribution >= 4 is 17.2 Å². The minimum atomic E-state index is -0.102. The molecular formula is C14H13N3OS. The van der Waals surface area contributed by atoms with Gasteiger partial charge in [-0.1, -0.05) is 24.0 Å². The van der Waals surface area contributed by atoms with E-state index in [-0.39, 0.29) is 5.91 Å². The first kappa shape index (κ1) is 13.3. The number of carbonyl (C=O) groups is 1. The number of nitrogens with zero attached hydrogens (tertiary/aromatic N) is 1. The minimum absolute atomic E-state index is 0.102. The smallest absolute Gasteiger partial charge is 0.263 e. The van der Waals surface area contributed by atoms with E-state index in [0.717, 1.165) is 11.1 Å². The summed E-state index contributed by atoms with van der Waals surface area (Å²) in [5, 5.41) is 2.84. The van der Waals surface area contributed by atoms with Crippen LogP contribution in [0.15, 0.2) is 36.0 Å². The molecule has 5 heteroatoms. The lowest BCUT2D eigenvalue weighted by atomic mass is 10.1. The number of nitrogens with two attached hydrogens (primary N) is 1. The number of amides is 1. The number of hydrogen-bond acceptors (Lipinski definition) is 4. The molecule has 0 atom stereocenters. The summed E-state index contributed by atoms with van der Waals surface area (Å²) in [6, 6.07) is 7.70. The first-order chi connectivity index (χ1) is 9.29. The second-order valence-corrected chi connectivity index (χ2v) is 4.64. The van der Waals surface area contributed by atoms with Crippen LogP contribution in [0.1, 0.15) is 20.8 Å². The molecule has 0 aliphatic heterocycles. The number of rotatable bonds is 3. The van der Waals surface area contributed by atoms with Crippen LogP contribution in [0, 0.1) is 11.8 Å². The third kappa shape index (κ3) is 3.91. The molecular weight excluding hydrogens is 258 g/mol. The van der Waals surface area contributed by atoms with E-state index in [2.05, 4.69) is 22.1 Å². The minimum Gasteiger partial charge on any atom is -0.347 e. The van der Waals surface area contributed by atoms with Crippen LogP contribution in [-0.2, 0) is 6.54 Å². The van der Waals surface area contributed by atoms with Gasteiger partial charge in [-0.25, -0.2) is 0 Å². The van der Waals surface area contributed by atoms with E-state index in [9.17, 15) is 4.79 Å². The van der Waals surface area contributed by atoms with E-state index >= 15 is 0 Å². The topological polar surface area (TPSA) is 68.0 Å². The maximum Gasteiger partial charge on any atom is 0.263 e. The molecule has 0 fully saturated rings. The van der Waals surface area contributed by atoms with Crippen LogP contribution in [0.3, 0.4) is 0 Å². The summed E-state index contributed by atoms with van der Waals surface area (Å²) < 4.78 is 0. The van der Waals surface area contributed by atoms with Crippen molar-refractivity contribution in [2.24, 2.45) is 5.73 Å². The fourth-order valence-electron chi connectivity index (χ4n) is 1.46. The highest BCUT2D eigenvalue weighted by Crippen LogP contribution is 2.06. The Labute approximate surface area is 115 Å². The van der Waals surface area contributed by atoms with Crippen molar-refractivity contribution < 1.29 is 4.79 Å². The van der Waals surface area contributed by atoms with Crippen molar-refractivity contribution in [2.75, 3.05) is 6.54 Å². The third-order valence-corrected chi connectivity index (χ3v) is 3.17. The molecule has 0 bridgehead atoms. The summed E-state index contributed by atoms with van der Waals surface area (Å²) in [6.07, 6.45) is 1.56. The number of carbonyl (C=O) groups excluding carboxylic acids is 1. The molecule has 1 aromatic heterocycles. The van der Waals surface area contributed by atoms with Gasteiger partial charge in [0, 0.05) is 12.1 Å². The van der Waals surface area contributed by atoms with Crippen molar-refractivity contribution in [3.63, 3.8) is 0 Å². The quantitative estimate of drug-likeness (QED) is 0.829. The monoisotopic (exact) mass is 271 g/mol. The van der Waals surface area contributed by atoms with Crippen molar-refractivity contribution in [1.29, 1.82) is 0 Å². The van der Waals surface area contributed by atoms with E-state index in [1.165, 1.54) is 11.3 Å². The van der Waals surface area contributed by atoms with Crippen molar-refractivity contribution in [2.45, 2.75) is 6.54 Å². The van der Waals surface area contributed by atoms with Gasteiger partial charge in [-0.15, -0.1) is 11.3 Å². The Balaban J connectivity index is 1.91. The summed E-state index contributed by atoms with van der Waals surface area (Å²) in [7, 11) is 0. The molecule has 2 rings (SSSR count). The highest BCUT2D eigenvalue weighted by molar-refractivity contribution is 7.11. The van der Waals surface area contributed by atoms with Crippen LogP contribution in [0.5, 0.6) is 0 Å². The molecule has 2 aromatic rings. The molecule has 19 heavy (non-hydrogen) atoms. The zero-order valence-electron chi connectivity index (χ0n) is 10.2. The average molecular weight is 271 g/mol. The Morgan fingerprint density at radius 1 is 1.37 bits per heavy atom. The van der Waals surface area contributed by atoms with Gasteiger partial charge in [-0.05, 0) is 17.7 Å². The van der Waals surface area contributed by atoms with E-state index in [0.29, 0.717) is 18.0 Å². The molecule has 96 valence electrons. The van der Waals surface area contributed by atoms with Gasteiger partial charge < -0.3 is 11.1 Å². The number of benzene rings is 1. The molecule has 0 unspecified atom stereocenters. The first-order valence-electron chi connectivity index (χ1n) is 5.74. The second-order valence-electron chi connectivity index (χ2n) is 3.75. The summed E-state index contributed by atoms with van der Waals surface area (Å²) in [5.41, 5.74) is 8.89. The van der Waals surface area contributed by atoms with Crippen LogP contribution < -0.4 is 11.1 Å². The summed E-state index contributed by atoms with van der Waals surface area (Å²) in [5.74, 6) is 5.64. The normalized spacial score (nSPS) is 9.53. The summed E-state index contributed by atoms with van der Waals surface area (Å²) in [6.45, 7) is 0.841. The Bertz CT molecular complexity index is 594. The van der Waals surface area contributed by atoms with Gasteiger partial charge in [-0.2, -0.15) is 0 Å². The van der Waals surface area contributed by atoms with Crippen molar-refractivity contribution in [3.8, 4) is 11.8 Å². The Kier molecular flexibility index (Phi) is 4.67. The van der Waals surface area contributed by atoms with Gasteiger partial charge in [0.2, 0.25) is 0 Å². The van der Waals surface area contributed by atoms with Gasteiger partial charge >= 0.3 is 0 Å². The molecule has 0 saturated carbocycles. The Morgan fingerprint density at radius 3 is 2.79 bits per heavy atom. The predicted octanol–water partition coefficient (Wildman–Crippen LogP) is 1.38. The van der Waals surface area contributed by atoms with Gasteiger partial charge in [0.25, 0.3) is 5.91 Å². The molecule has 1 amide bonds.